The van der Waals surface area contributed by atoms with Crippen LogP contribution in [0.3, 0.4) is 0 Å². The zero-order valence-corrected chi connectivity index (χ0v) is 10.5. The maximum atomic E-state index is 11.5. The van der Waals surface area contributed by atoms with Crippen LogP contribution in [0, 0.1) is 0 Å². The molecule has 0 aliphatic rings. The minimum absolute atomic E-state index is 0.234. The van der Waals surface area contributed by atoms with E-state index in [-0.39, 0.29) is 12.0 Å². The van der Waals surface area contributed by atoms with E-state index in [0.717, 1.165) is 24.3 Å². The van der Waals surface area contributed by atoms with Crippen LogP contribution in [-0.4, -0.2) is 26.2 Å². The van der Waals surface area contributed by atoms with Gasteiger partial charge in [-0.25, -0.2) is 4.79 Å². The second-order valence-corrected chi connectivity index (χ2v) is 3.74. The summed E-state index contributed by atoms with van der Waals surface area (Å²) in [5.41, 5.74) is 0.884. The normalized spacial score (nSPS) is 11.7. The van der Waals surface area contributed by atoms with Crippen molar-refractivity contribution in [3.63, 3.8) is 0 Å². The number of esters is 1. The van der Waals surface area contributed by atoms with Gasteiger partial charge in [0.1, 0.15) is 11.8 Å². The summed E-state index contributed by atoms with van der Waals surface area (Å²) in [5, 5.41) is 3.15. The van der Waals surface area contributed by atoms with E-state index in [1.165, 1.54) is 7.11 Å². The molecule has 0 unspecified atom stereocenters. The van der Waals surface area contributed by atoms with Crippen molar-refractivity contribution in [1.82, 2.24) is 0 Å². The molecule has 0 heterocycles. The first kappa shape index (κ1) is 13.4. The van der Waals surface area contributed by atoms with Crippen LogP contribution in [0.2, 0.25) is 0 Å². The molecule has 4 nitrogen and oxygen atoms in total. The number of benzene rings is 1. The summed E-state index contributed by atoms with van der Waals surface area (Å²) < 4.78 is 9.83. The number of nitrogens with one attached hydrogen (secondary N) is 1. The molecular weight excluding hydrogens is 218 g/mol. The van der Waals surface area contributed by atoms with E-state index >= 15 is 0 Å². The Kier molecular flexibility index (Phi) is 5.33. The Labute approximate surface area is 102 Å². The van der Waals surface area contributed by atoms with Crippen LogP contribution in [-0.2, 0) is 9.53 Å². The third kappa shape index (κ3) is 3.98. The third-order valence-electron chi connectivity index (χ3n) is 2.49. The summed E-state index contributed by atoms with van der Waals surface area (Å²) in [4.78, 5) is 11.5. The van der Waals surface area contributed by atoms with Gasteiger partial charge in [-0.2, -0.15) is 0 Å². The Morgan fingerprint density at radius 2 is 1.94 bits per heavy atom. The topological polar surface area (TPSA) is 47.6 Å². The van der Waals surface area contributed by atoms with Gasteiger partial charge in [-0.05, 0) is 30.7 Å². The minimum Gasteiger partial charge on any atom is -0.497 e. The van der Waals surface area contributed by atoms with Crippen LogP contribution < -0.4 is 10.1 Å². The van der Waals surface area contributed by atoms with Gasteiger partial charge in [-0.1, -0.05) is 13.3 Å². The standard InChI is InChI=1S/C13H19NO3/c1-4-5-12(13(15)17-3)14-10-6-8-11(16-2)9-7-10/h6-9,12,14H,4-5H2,1-3H3/t12-/m1/s1. The Balaban J connectivity index is 2.68. The predicted molar refractivity (Wildman–Crippen MR) is 67.3 cm³/mol. The lowest BCUT2D eigenvalue weighted by Crippen LogP contribution is -2.30. The molecule has 1 atom stereocenters. The Bertz CT molecular complexity index is 348. The van der Waals surface area contributed by atoms with Crippen LogP contribution >= 0.6 is 0 Å². The van der Waals surface area contributed by atoms with Crippen LogP contribution in [0.4, 0.5) is 5.69 Å². The molecule has 0 spiro atoms. The monoisotopic (exact) mass is 237 g/mol. The average Bonchev–Trinajstić information content (AvgIpc) is 2.38. The number of hydrogen-bond acceptors (Lipinski definition) is 4. The molecule has 94 valence electrons. The van der Waals surface area contributed by atoms with Crippen LogP contribution in [0.15, 0.2) is 24.3 Å². The fourth-order valence-electron chi connectivity index (χ4n) is 1.57. The molecule has 1 rings (SSSR count). The van der Waals surface area contributed by atoms with Gasteiger partial charge in [-0.15, -0.1) is 0 Å². The van der Waals surface area contributed by atoms with E-state index < -0.39 is 0 Å². The van der Waals surface area contributed by atoms with E-state index in [0.29, 0.717) is 0 Å². The SMILES string of the molecule is CCC[C@@H](Nc1ccc(OC)cc1)C(=O)OC. The highest BCUT2D eigenvalue weighted by molar-refractivity contribution is 5.79. The van der Waals surface area contributed by atoms with E-state index in [4.69, 9.17) is 9.47 Å². The Morgan fingerprint density at radius 1 is 1.29 bits per heavy atom. The van der Waals surface area contributed by atoms with Crippen LogP contribution in [0.1, 0.15) is 19.8 Å². The van der Waals surface area contributed by atoms with Crippen molar-refractivity contribution in [2.75, 3.05) is 19.5 Å². The molecule has 0 aliphatic carbocycles. The second kappa shape index (κ2) is 6.78. The Hall–Kier alpha value is -1.71. The van der Waals surface area contributed by atoms with Crippen molar-refractivity contribution >= 4 is 11.7 Å². The van der Waals surface area contributed by atoms with Crippen molar-refractivity contribution in [2.45, 2.75) is 25.8 Å². The molecular formula is C13H19NO3. The van der Waals surface area contributed by atoms with Gasteiger partial charge in [0.15, 0.2) is 0 Å². The third-order valence-corrected chi connectivity index (χ3v) is 2.49. The fraction of sp³-hybridized carbons (Fsp3) is 0.462. The summed E-state index contributed by atoms with van der Waals surface area (Å²) in [7, 11) is 3.03. The number of carbonyl (C=O) groups is 1. The zero-order chi connectivity index (χ0) is 12.7. The van der Waals surface area contributed by atoms with Gasteiger partial charge >= 0.3 is 5.97 Å². The van der Waals surface area contributed by atoms with Crippen LogP contribution in [0.5, 0.6) is 5.75 Å². The number of carbonyl (C=O) groups excluding carboxylic acids is 1. The highest BCUT2D eigenvalue weighted by atomic mass is 16.5. The summed E-state index contributed by atoms with van der Waals surface area (Å²) in [5.74, 6) is 0.559. The molecule has 1 aromatic rings. The van der Waals surface area contributed by atoms with Crippen molar-refractivity contribution in [3.8, 4) is 5.75 Å². The first-order valence-corrected chi connectivity index (χ1v) is 5.69. The van der Waals surface area contributed by atoms with Crippen molar-refractivity contribution < 1.29 is 14.3 Å². The molecule has 0 radical (unpaired) electrons. The maximum Gasteiger partial charge on any atom is 0.328 e. The molecule has 0 saturated carbocycles. The molecule has 0 aromatic heterocycles. The van der Waals surface area contributed by atoms with Gasteiger partial charge in [-0.3, -0.25) is 0 Å². The highest BCUT2D eigenvalue weighted by Crippen LogP contribution is 2.17. The van der Waals surface area contributed by atoms with Gasteiger partial charge in [0.2, 0.25) is 0 Å². The van der Waals surface area contributed by atoms with Crippen molar-refractivity contribution in [2.24, 2.45) is 0 Å². The second-order valence-electron chi connectivity index (χ2n) is 3.74. The minimum atomic E-state index is -0.293. The molecule has 4 heteroatoms. The average molecular weight is 237 g/mol. The summed E-state index contributed by atoms with van der Waals surface area (Å²) in [6.45, 7) is 2.03. The molecule has 0 fully saturated rings. The Morgan fingerprint density at radius 3 is 2.41 bits per heavy atom. The number of ether oxygens (including phenoxy) is 2. The zero-order valence-electron chi connectivity index (χ0n) is 10.5. The predicted octanol–water partition coefficient (Wildman–Crippen LogP) is 2.45. The summed E-state index contributed by atoms with van der Waals surface area (Å²) in [6, 6.07) is 7.17. The quantitative estimate of drug-likeness (QED) is 0.772. The van der Waals surface area contributed by atoms with Gasteiger partial charge < -0.3 is 14.8 Å². The summed E-state index contributed by atoms with van der Waals surface area (Å²) in [6.07, 6.45) is 1.67. The molecule has 0 amide bonds. The van der Waals surface area contributed by atoms with E-state index in [1.54, 1.807) is 7.11 Å². The van der Waals surface area contributed by atoms with Crippen molar-refractivity contribution in [3.05, 3.63) is 24.3 Å². The van der Waals surface area contributed by atoms with Gasteiger partial charge in [0.05, 0.1) is 14.2 Å². The number of hydrogen-bond donors (Lipinski definition) is 1. The lowest BCUT2D eigenvalue weighted by Gasteiger charge is -2.17. The largest absolute Gasteiger partial charge is 0.497 e. The number of rotatable bonds is 6. The molecule has 17 heavy (non-hydrogen) atoms. The molecule has 0 aliphatic heterocycles. The molecule has 0 saturated heterocycles. The fourth-order valence-corrected chi connectivity index (χ4v) is 1.57. The first-order valence-electron chi connectivity index (χ1n) is 5.69. The maximum absolute atomic E-state index is 11.5. The van der Waals surface area contributed by atoms with E-state index in [1.807, 2.05) is 31.2 Å². The van der Waals surface area contributed by atoms with E-state index in [9.17, 15) is 4.79 Å². The van der Waals surface area contributed by atoms with Crippen LogP contribution in [0.25, 0.3) is 0 Å². The van der Waals surface area contributed by atoms with Crippen molar-refractivity contribution in [1.29, 1.82) is 0 Å². The lowest BCUT2D eigenvalue weighted by molar-refractivity contribution is -0.141. The number of methoxy groups -OCH3 is 2. The molecule has 1 N–H and O–H groups in total. The van der Waals surface area contributed by atoms with E-state index in [2.05, 4.69) is 5.32 Å². The number of anilines is 1. The smallest absolute Gasteiger partial charge is 0.328 e. The van der Waals surface area contributed by atoms with Gasteiger partial charge in [0, 0.05) is 5.69 Å². The molecule has 0 bridgehead atoms. The summed E-state index contributed by atoms with van der Waals surface area (Å²) >= 11 is 0. The molecule has 1 aromatic carbocycles. The van der Waals surface area contributed by atoms with Gasteiger partial charge in [0.25, 0.3) is 0 Å². The lowest BCUT2D eigenvalue weighted by atomic mass is 10.1. The highest BCUT2D eigenvalue weighted by Gasteiger charge is 2.17. The first-order chi connectivity index (χ1) is 8.21.